The van der Waals surface area contributed by atoms with Crippen molar-refractivity contribution >= 4 is 12.6 Å². The quantitative estimate of drug-likeness (QED) is 0.0934. The lowest BCUT2D eigenvalue weighted by Crippen LogP contribution is -2.25. The number of hydrogen-bond donors (Lipinski definition) is 1. The molecule has 3 aromatic carbocycles. The Morgan fingerprint density at radius 3 is 1.53 bits per heavy atom. The van der Waals surface area contributed by atoms with Crippen molar-refractivity contribution in [3.63, 3.8) is 0 Å². The van der Waals surface area contributed by atoms with Crippen LogP contribution in [0.2, 0.25) is 0 Å². The Morgan fingerprint density at radius 2 is 1.04 bits per heavy atom. The molecular formula is C41H56O7S. The lowest BCUT2D eigenvalue weighted by Gasteiger charge is -2.17. The van der Waals surface area contributed by atoms with Crippen molar-refractivity contribution < 1.29 is 33.2 Å². The van der Waals surface area contributed by atoms with Crippen molar-refractivity contribution in [1.29, 1.82) is 0 Å². The van der Waals surface area contributed by atoms with Gasteiger partial charge in [-0.25, -0.2) is 0 Å². The molecule has 2 saturated heterocycles. The van der Waals surface area contributed by atoms with Gasteiger partial charge in [-0.1, -0.05) is 81.3 Å². The van der Waals surface area contributed by atoms with Gasteiger partial charge in [0.1, 0.15) is 42.7 Å². The SMILES string of the molecule is CC1(C)OCC(COc2ccc(-c3ccc(-c4ccc(OCC5COC(C)(C)O5)cc4)c(OCCCCCCCCCCCS)c3)cc2)O1. The van der Waals surface area contributed by atoms with Crippen LogP contribution in [0.25, 0.3) is 22.3 Å². The molecule has 3 aromatic rings. The molecule has 0 amide bonds. The molecule has 2 atom stereocenters. The zero-order chi connectivity index (χ0) is 34.5. The molecule has 2 fully saturated rings. The first-order valence-corrected chi connectivity index (χ1v) is 18.8. The van der Waals surface area contributed by atoms with Crippen LogP contribution in [-0.2, 0) is 18.9 Å². The second kappa shape index (κ2) is 18.5. The molecule has 0 N–H and O–H groups in total. The lowest BCUT2D eigenvalue weighted by atomic mass is 9.99. The predicted octanol–water partition coefficient (Wildman–Crippen LogP) is 9.90. The minimum absolute atomic E-state index is 0.0704. The first-order valence-electron chi connectivity index (χ1n) is 18.2. The summed E-state index contributed by atoms with van der Waals surface area (Å²) in [7, 11) is 0. The number of ether oxygens (including phenoxy) is 7. The van der Waals surface area contributed by atoms with Gasteiger partial charge in [-0.3, -0.25) is 0 Å². The topological polar surface area (TPSA) is 64.6 Å². The van der Waals surface area contributed by atoms with Crippen LogP contribution in [0.4, 0.5) is 0 Å². The maximum atomic E-state index is 6.51. The molecule has 7 nitrogen and oxygen atoms in total. The van der Waals surface area contributed by atoms with Crippen LogP contribution < -0.4 is 14.2 Å². The fourth-order valence-electron chi connectivity index (χ4n) is 6.24. The van der Waals surface area contributed by atoms with E-state index in [0.29, 0.717) is 33.0 Å². The van der Waals surface area contributed by atoms with E-state index in [9.17, 15) is 0 Å². The van der Waals surface area contributed by atoms with Crippen LogP contribution in [0.5, 0.6) is 17.2 Å². The molecule has 0 radical (unpaired) electrons. The molecule has 2 heterocycles. The summed E-state index contributed by atoms with van der Waals surface area (Å²) in [5, 5.41) is 0. The molecule has 8 heteroatoms. The van der Waals surface area contributed by atoms with Gasteiger partial charge < -0.3 is 33.2 Å². The number of benzene rings is 3. The highest BCUT2D eigenvalue weighted by molar-refractivity contribution is 7.80. The highest BCUT2D eigenvalue weighted by atomic mass is 32.1. The van der Waals surface area contributed by atoms with Crippen LogP contribution >= 0.6 is 12.6 Å². The predicted molar refractivity (Wildman–Crippen MR) is 199 cm³/mol. The van der Waals surface area contributed by atoms with E-state index < -0.39 is 11.6 Å². The molecule has 0 aromatic heterocycles. The van der Waals surface area contributed by atoms with Crippen LogP contribution in [0, 0.1) is 0 Å². The molecule has 0 bridgehead atoms. The second-order valence-electron chi connectivity index (χ2n) is 14.0. The first-order chi connectivity index (χ1) is 23.7. The molecule has 5 rings (SSSR count). The minimum Gasteiger partial charge on any atom is -0.493 e. The van der Waals surface area contributed by atoms with Crippen LogP contribution in [0.15, 0.2) is 66.7 Å². The maximum absolute atomic E-state index is 6.51. The van der Waals surface area contributed by atoms with Gasteiger partial charge >= 0.3 is 0 Å². The summed E-state index contributed by atoms with van der Waals surface area (Å²) in [6.45, 7) is 10.4. The zero-order valence-corrected chi connectivity index (χ0v) is 30.8. The Labute approximate surface area is 299 Å². The lowest BCUT2D eigenvalue weighted by molar-refractivity contribution is -0.141. The molecule has 2 aliphatic heterocycles. The van der Waals surface area contributed by atoms with E-state index in [1.807, 2.05) is 52.0 Å². The molecule has 0 aliphatic carbocycles. The summed E-state index contributed by atoms with van der Waals surface area (Å²) < 4.78 is 41.6. The van der Waals surface area contributed by atoms with E-state index in [-0.39, 0.29) is 12.2 Å². The third-order valence-corrected chi connectivity index (χ3v) is 9.22. The first kappa shape index (κ1) is 37.5. The van der Waals surface area contributed by atoms with E-state index in [4.69, 9.17) is 33.2 Å². The Morgan fingerprint density at radius 1 is 0.571 bits per heavy atom. The van der Waals surface area contributed by atoms with Crippen LogP contribution in [-0.4, -0.2) is 62.6 Å². The summed E-state index contributed by atoms with van der Waals surface area (Å²) in [6.07, 6.45) is 11.2. The fourth-order valence-corrected chi connectivity index (χ4v) is 6.46. The molecule has 0 saturated carbocycles. The summed E-state index contributed by atoms with van der Waals surface area (Å²) >= 11 is 4.31. The van der Waals surface area contributed by atoms with E-state index >= 15 is 0 Å². The monoisotopic (exact) mass is 692 g/mol. The molecule has 268 valence electrons. The van der Waals surface area contributed by atoms with Gasteiger partial charge in [0.15, 0.2) is 11.6 Å². The highest BCUT2D eigenvalue weighted by Gasteiger charge is 2.33. The molecule has 2 unspecified atom stereocenters. The molecule has 0 spiro atoms. The Balaban J connectivity index is 1.19. The number of thiol groups is 1. The average Bonchev–Trinajstić information content (AvgIpc) is 3.64. The van der Waals surface area contributed by atoms with Gasteiger partial charge in [0.2, 0.25) is 0 Å². The molecule has 2 aliphatic rings. The van der Waals surface area contributed by atoms with Crippen molar-refractivity contribution in [1.82, 2.24) is 0 Å². The van der Waals surface area contributed by atoms with Gasteiger partial charge in [-0.05, 0) is 93.3 Å². The summed E-state index contributed by atoms with van der Waals surface area (Å²) in [5.41, 5.74) is 4.34. The van der Waals surface area contributed by atoms with Crippen molar-refractivity contribution in [2.75, 3.05) is 38.8 Å². The fraction of sp³-hybridized carbons (Fsp3) is 0.561. The minimum atomic E-state index is -0.556. The van der Waals surface area contributed by atoms with E-state index in [2.05, 4.69) is 55.1 Å². The average molecular weight is 693 g/mol. The van der Waals surface area contributed by atoms with Crippen molar-refractivity contribution in [3.05, 3.63) is 66.7 Å². The van der Waals surface area contributed by atoms with Crippen molar-refractivity contribution in [3.8, 4) is 39.5 Å². The normalized spacial score (nSPS) is 19.6. The zero-order valence-electron chi connectivity index (χ0n) is 29.9. The Bertz CT molecular complexity index is 1410. The number of unbranched alkanes of at least 4 members (excludes halogenated alkanes) is 8. The van der Waals surface area contributed by atoms with E-state index in [1.54, 1.807) is 0 Å². The Kier molecular flexibility index (Phi) is 14.1. The third-order valence-electron chi connectivity index (χ3n) is 8.90. The van der Waals surface area contributed by atoms with Crippen molar-refractivity contribution in [2.45, 2.75) is 109 Å². The molecular weight excluding hydrogens is 637 g/mol. The Hall–Kier alpha value is -2.75. The summed E-state index contributed by atoms with van der Waals surface area (Å²) in [4.78, 5) is 0. The summed E-state index contributed by atoms with van der Waals surface area (Å²) in [5.74, 6) is 2.39. The third kappa shape index (κ3) is 12.2. The van der Waals surface area contributed by atoms with E-state index in [1.165, 1.54) is 51.4 Å². The highest BCUT2D eigenvalue weighted by Crippen LogP contribution is 2.36. The van der Waals surface area contributed by atoms with E-state index in [0.717, 1.165) is 51.7 Å². The maximum Gasteiger partial charge on any atom is 0.163 e. The second-order valence-corrected chi connectivity index (χ2v) is 14.5. The van der Waals surface area contributed by atoms with Gasteiger partial charge in [0.05, 0.1) is 19.8 Å². The van der Waals surface area contributed by atoms with Gasteiger partial charge in [0.25, 0.3) is 0 Å². The smallest absolute Gasteiger partial charge is 0.163 e. The van der Waals surface area contributed by atoms with Crippen LogP contribution in [0.1, 0.15) is 85.5 Å². The summed E-state index contributed by atoms with van der Waals surface area (Å²) in [6, 6.07) is 22.9. The standard InChI is InChI=1S/C41H56O7S/c1-40(2)45-29-36(47-40)27-43-34-19-14-31(15-20-34)33-18-23-38(39(26-33)42-24-12-10-8-6-5-7-9-11-13-25-49)32-16-21-35(22-17-32)44-28-37-30-46-41(3,4)48-37/h14-23,26,36-37,49H,5-13,24-25,27-30H2,1-4H3. The van der Waals surface area contributed by atoms with Gasteiger partial charge in [-0.15, -0.1) is 0 Å². The molecule has 49 heavy (non-hydrogen) atoms. The van der Waals surface area contributed by atoms with Gasteiger partial charge in [0, 0.05) is 5.56 Å². The van der Waals surface area contributed by atoms with Crippen LogP contribution in [0.3, 0.4) is 0 Å². The largest absolute Gasteiger partial charge is 0.493 e. The number of hydrogen-bond acceptors (Lipinski definition) is 8. The van der Waals surface area contributed by atoms with Crippen molar-refractivity contribution in [2.24, 2.45) is 0 Å². The van der Waals surface area contributed by atoms with Gasteiger partial charge in [-0.2, -0.15) is 12.6 Å². The number of rotatable bonds is 20.